The number of carboxylic acids is 1. The van der Waals surface area contributed by atoms with Crippen molar-refractivity contribution in [3.63, 3.8) is 0 Å². The number of aliphatic carboxylic acids is 1. The van der Waals surface area contributed by atoms with Gasteiger partial charge in [0.25, 0.3) is 0 Å². The van der Waals surface area contributed by atoms with Crippen molar-refractivity contribution in [3.05, 3.63) is 48.7 Å². The second kappa shape index (κ2) is 5.37. The van der Waals surface area contributed by atoms with Gasteiger partial charge in [0.1, 0.15) is 11.6 Å². The largest absolute Gasteiger partial charge is 0.477 e. The predicted molar refractivity (Wildman–Crippen MR) is 60.7 cm³/mol. The summed E-state index contributed by atoms with van der Waals surface area (Å²) < 4.78 is 0. The van der Waals surface area contributed by atoms with Crippen LogP contribution in [0.4, 0.5) is 0 Å². The molecule has 0 spiro atoms. The Hall–Kier alpha value is -2.54. The highest BCUT2D eigenvalue weighted by atomic mass is 16.4. The van der Waals surface area contributed by atoms with Crippen molar-refractivity contribution in [2.24, 2.45) is 0 Å². The van der Waals surface area contributed by atoms with Gasteiger partial charge in [-0.1, -0.05) is 24.8 Å². The number of hydrogen-bond acceptors (Lipinski definition) is 2. The first kappa shape index (κ1) is 11.5. The number of H-pyrrole nitrogens is 1. The minimum Gasteiger partial charge on any atom is -0.477 e. The summed E-state index contributed by atoms with van der Waals surface area (Å²) in [6.45, 7) is 2.91. The summed E-state index contributed by atoms with van der Waals surface area (Å²) in [5.41, 5.74) is 0.775. The van der Waals surface area contributed by atoms with E-state index in [4.69, 9.17) is 10.4 Å². The quantitative estimate of drug-likeness (QED) is 0.565. The Labute approximate surface area is 92.4 Å². The number of nitriles is 1. The van der Waals surface area contributed by atoms with Gasteiger partial charge in [0.2, 0.25) is 0 Å². The van der Waals surface area contributed by atoms with E-state index in [2.05, 4.69) is 29.8 Å². The van der Waals surface area contributed by atoms with Crippen molar-refractivity contribution in [1.82, 2.24) is 4.98 Å². The molecule has 1 aromatic carbocycles. The fourth-order valence-corrected chi connectivity index (χ4v) is 1.04. The van der Waals surface area contributed by atoms with E-state index in [-0.39, 0.29) is 0 Å². The molecule has 0 saturated carbocycles. The van der Waals surface area contributed by atoms with Crippen LogP contribution in [0.5, 0.6) is 0 Å². The van der Waals surface area contributed by atoms with E-state index in [9.17, 15) is 4.79 Å². The van der Waals surface area contributed by atoms with Crippen molar-refractivity contribution in [3.8, 4) is 6.07 Å². The SMILES string of the molecule is C=C(C#N)C(=O)O.c1ccc2[nH]ccc2c1. The molecule has 2 aromatic rings. The van der Waals surface area contributed by atoms with Crippen LogP contribution in [0.2, 0.25) is 0 Å². The van der Waals surface area contributed by atoms with Gasteiger partial charge in [-0.25, -0.2) is 4.79 Å². The number of nitrogens with one attached hydrogen (secondary N) is 1. The van der Waals surface area contributed by atoms with Gasteiger partial charge in [-0.3, -0.25) is 0 Å². The molecule has 0 atom stereocenters. The monoisotopic (exact) mass is 214 g/mol. The van der Waals surface area contributed by atoms with Crippen LogP contribution in [0.1, 0.15) is 0 Å². The molecular weight excluding hydrogens is 204 g/mol. The first-order valence-electron chi connectivity index (χ1n) is 4.49. The van der Waals surface area contributed by atoms with Crippen molar-refractivity contribution < 1.29 is 9.90 Å². The summed E-state index contributed by atoms with van der Waals surface area (Å²) in [5.74, 6) is -1.26. The third kappa shape index (κ3) is 3.00. The number of nitrogens with zero attached hydrogens (tertiary/aromatic N) is 1. The smallest absolute Gasteiger partial charge is 0.345 e. The normalized spacial score (nSPS) is 8.69. The zero-order chi connectivity index (χ0) is 12.0. The van der Waals surface area contributed by atoms with Gasteiger partial charge < -0.3 is 10.1 Å². The van der Waals surface area contributed by atoms with Crippen LogP contribution < -0.4 is 0 Å². The van der Waals surface area contributed by atoms with Gasteiger partial charge in [-0.05, 0) is 17.5 Å². The molecule has 0 aliphatic heterocycles. The highest BCUT2D eigenvalue weighted by molar-refractivity contribution is 5.90. The van der Waals surface area contributed by atoms with E-state index >= 15 is 0 Å². The summed E-state index contributed by atoms with van der Waals surface area (Å²) in [6.07, 6.45) is 1.95. The Bertz CT molecular complexity index is 519. The Kier molecular flexibility index (Phi) is 3.87. The Morgan fingerprint density at radius 2 is 2.06 bits per heavy atom. The number of aromatic nitrogens is 1. The highest BCUT2D eigenvalue weighted by Gasteiger charge is 1.97. The van der Waals surface area contributed by atoms with Gasteiger partial charge in [-0.15, -0.1) is 0 Å². The second-order valence-corrected chi connectivity index (χ2v) is 2.96. The van der Waals surface area contributed by atoms with Crippen LogP contribution in [0.25, 0.3) is 10.9 Å². The highest BCUT2D eigenvalue weighted by Crippen LogP contribution is 2.09. The van der Waals surface area contributed by atoms with Gasteiger partial charge in [-0.2, -0.15) is 5.26 Å². The van der Waals surface area contributed by atoms with E-state index < -0.39 is 11.5 Å². The lowest BCUT2D eigenvalue weighted by Crippen LogP contribution is -1.94. The number of hydrogen-bond donors (Lipinski definition) is 2. The Morgan fingerprint density at radius 3 is 2.56 bits per heavy atom. The fraction of sp³-hybridized carbons (Fsp3) is 0. The van der Waals surface area contributed by atoms with Crippen molar-refractivity contribution in [2.45, 2.75) is 0 Å². The molecule has 4 heteroatoms. The molecule has 2 rings (SSSR count). The van der Waals surface area contributed by atoms with Crippen LogP contribution in [-0.4, -0.2) is 16.1 Å². The standard InChI is InChI=1S/C8H7N.C4H3NO2/c1-2-4-8-7(3-1)5-6-9-8;1-3(2-5)4(6)7/h1-6,9H;1H2,(H,6,7). The van der Waals surface area contributed by atoms with E-state index in [1.54, 1.807) is 0 Å². The maximum atomic E-state index is 9.61. The third-order valence-electron chi connectivity index (χ3n) is 1.86. The molecule has 4 nitrogen and oxygen atoms in total. The molecule has 16 heavy (non-hydrogen) atoms. The maximum Gasteiger partial charge on any atom is 0.345 e. The number of carbonyl (C=O) groups is 1. The molecule has 0 fully saturated rings. The second-order valence-electron chi connectivity index (χ2n) is 2.96. The van der Waals surface area contributed by atoms with Crippen molar-refractivity contribution in [2.75, 3.05) is 0 Å². The number of carboxylic acid groups (broad SMARTS) is 1. The molecule has 80 valence electrons. The molecule has 2 N–H and O–H groups in total. The average molecular weight is 214 g/mol. The Morgan fingerprint density at radius 1 is 1.38 bits per heavy atom. The number of para-hydroxylation sites is 1. The maximum absolute atomic E-state index is 9.61. The summed E-state index contributed by atoms with van der Waals surface area (Å²) in [4.78, 5) is 12.7. The van der Waals surface area contributed by atoms with Crippen molar-refractivity contribution >= 4 is 16.9 Å². The van der Waals surface area contributed by atoms with E-state index in [1.807, 2.05) is 18.3 Å². The zero-order valence-corrected chi connectivity index (χ0v) is 8.47. The summed E-state index contributed by atoms with van der Waals surface area (Å²) in [5, 5.41) is 16.9. The number of rotatable bonds is 1. The van der Waals surface area contributed by atoms with E-state index in [1.165, 1.54) is 17.0 Å². The molecule has 1 heterocycles. The van der Waals surface area contributed by atoms with Crippen molar-refractivity contribution in [1.29, 1.82) is 5.26 Å². The lowest BCUT2D eigenvalue weighted by atomic mass is 10.3. The first-order valence-corrected chi connectivity index (χ1v) is 4.49. The van der Waals surface area contributed by atoms with Gasteiger partial charge in [0.05, 0.1) is 0 Å². The summed E-state index contributed by atoms with van der Waals surface area (Å²) in [6, 6.07) is 11.7. The average Bonchev–Trinajstić information content (AvgIpc) is 2.76. The predicted octanol–water partition coefficient (Wildman–Crippen LogP) is 2.32. The molecule has 0 amide bonds. The van der Waals surface area contributed by atoms with Gasteiger partial charge >= 0.3 is 5.97 Å². The van der Waals surface area contributed by atoms with Crippen LogP contribution in [0.3, 0.4) is 0 Å². The third-order valence-corrected chi connectivity index (χ3v) is 1.86. The molecule has 0 radical (unpaired) electrons. The molecule has 0 aliphatic rings. The van der Waals surface area contributed by atoms with E-state index in [0.717, 1.165) is 0 Å². The van der Waals surface area contributed by atoms with E-state index in [0.29, 0.717) is 0 Å². The minimum absolute atomic E-state index is 0.431. The molecular formula is C12H10N2O2. The molecule has 1 aromatic heterocycles. The molecule has 0 bridgehead atoms. The Balaban J connectivity index is 0.000000168. The lowest BCUT2D eigenvalue weighted by molar-refractivity contribution is -0.132. The molecule has 0 aliphatic carbocycles. The van der Waals surface area contributed by atoms with Gasteiger partial charge in [0, 0.05) is 11.7 Å². The molecule has 0 saturated heterocycles. The van der Waals surface area contributed by atoms with Crippen LogP contribution in [-0.2, 0) is 4.79 Å². The summed E-state index contributed by atoms with van der Waals surface area (Å²) >= 11 is 0. The van der Waals surface area contributed by atoms with Crippen LogP contribution >= 0.6 is 0 Å². The summed E-state index contributed by atoms with van der Waals surface area (Å²) in [7, 11) is 0. The first-order chi connectivity index (χ1) is 7.65. The molecule has 0 unspecified atom stereocenters. The number of fused-ring (bicyclic) bond motifs is 1. The fourth-order valence-electron chi connectivity index (χ4n) is 1.04. The lowest BCUT2D eigenvalue weighted by Gasteiger charge is -1.83. The van der Waals surface area contributed by atoms with Crippen LogP contribution in [0.15, 0.2) is 48.7 Å². The number of aromatic amines is 1. The zero-order valence-electron chi connectivity index (χ0n) is 8.47. The topological polar surface area (TPSA) is 76.9 Å². The van der Waals surface area contributed by atoms with Crippen LogP contribution in [0, 0.1) is 11.3 Å². The minimum atomic E-state index is -1.26. The number of benzene rings is 1. The van der Waals surface area contributed by atoms with Gasteiger partial charge in [0.15, 0.2) is 0 Å².